The summed E-state index contributed by atoms with van der Waals surface area (Å²) in [6.07, 6.45) is 4.82. The Labute approximate surface area is 529 Å². The van der Waals surface area contributed by atoms with Crippen LogP contribution in [0.25, 0.3) is 0 Å². The van der Waals surface area contributed by atoms with E-state index >= 15 is 0 Å². The van der Waals surface area contributed by atoms with Crippen molar-refractivity contribution in [2.75, 3.05) is 150 Å². The van der Waals surface area contributed by atoms with Gasteiger partial charge in [-0.05, 0) is 206 Å². The zero-order chi connectivity index (χ0) is 62.1. The van der Waals surface area contributed by atoms with Crippen molar-refractivity contribution >= 4 is 79.1 Å². The Hall–Kier alpha value is -4.24. The van der Waals surface area contributed by atoms with Crippen LogP contribution in [0.5, 0.6) is 17.2 Å². The zero-order valence-electron chi connectivity index (χ0n) is 53.5. The second-order valence-electron chi connectivity index (χ2n) is 20.4. The quantitative estimate of drug-likeness (QED) is 0.0189. The number of hydrogen-bond acceptors (Lipinski definition) is 14. The Morgan fingerprint density at radius 3 is 1.19 bits per heavy atom. The fourth-order valence-corrected chi connectivity index (χ4v) is 16.4. The first-order chi connectivity index (χ1) is 41.0. The highest BCUT2D eigenvalue weighted by atomic mass is 32.5. The van der Waals surface area contributed by atoms with Gasteiger partial charge in [-0.2, -0.15) is 15.3 Å². The molecule has 0 saturated heterocycles. The predicted molar refractivity (Wildman–Crippen MR) is 378 cm³/mol. The zero-order valence-corrected chi connectivity index (χ0v) is 58.7. The lowest BCUT2D eigenvalue weighted by Gasteiger charge is -2.32. The largest absolute Gasteiger partial charge is 0.492 e. The molecular formula is C63H102N13O3P3S3. The van der Waals surface area contributed by atoms with Crippen LogP contribution in [0.15, 0.2) is 112 Å². The molecule has 0 aliphatic heterocycles. The number of rotatable bonds is 43. The average Bonchev–Trinajstić information content (AvgIpc) is 3.60. The summed E-state index contributed by atoms with van der Waals surface area (Å²) in [5.41, 5.74) is 4.79. The molecule has 16 nitrogen and oxygen atoms in total. The first-order valence-electron chi connectivity index (χ1n) is 30.6. The maximum atomic E-state index is 6.71. The van der Waals surface area contributed by atoms with Gasteiger partial charge in [0, 0.05) is 89.2 Å². The third kappa shape index (κ3) is 25.4. The molecule has 4 aromatic carbocycles. The van der Waals surface area contributed by atoms with E-state index in [-0.39, 0.29) is 0 Å². The van der Waals surface area contributed by atoms with Crippen LogP contribution in [0.2, 0.25) is 0 Å². The number of benzene rings is 4. The normalized spacial score (nSPS) is 14.0. The summed E-state index contributed by atoms with van der Waals surface area (Å²) in [5, 5.41) is 22.3. The molecule has 2 atom stereocenters. The number of nitrogens with one attached hydrogen (secondary N) is 2. The summed E-state index contributed by atoms with van der Waals surface area (Å²) in [4.78, 5) is 12.0. The molecule has 2 N–H and O–H groups in total. The number of likely N-dealkylation sites (N-methyl/N-ethyl adjacent to an activating group) is 3. The smallest absolute Gasteiger partial charge is 0.410 e. The van der Waals surface area contributed by atoms with Gasteiger partial charge in [0.05, 0.1) is 25.2 Å². The predicted octanol–water partition coefficient (Wildman–Crippen LogP) is 12.1. The van der Waals surface area contributed by atoms with E-state index in [0.717, 1.165) is 164 Å². The van der Waals surface area contributed by atoms with E-state index in [2.05, 4.69) is 133 Å². The van der Waals surface area contributed by atoms with E-state index in [1.54, 1.807) is 18.0 Å². The fourth-order valence-electron chi connectivity index (χ4n) is 9.20. The van der Waals surface area contributed by atoms with E-state index < -0.39 is 19.3 Å². The van der Waals surface area contributed by atoms with E-state index in [9.17, 15) is 0 Å². The van der Waals surface area contributed by atoms with Gasteiger partial charge in [-0.25, -0.2) is 4.78 Å². The van der Waals surface area contributed by atoms with Crippen molar-refractivity contribution in [2.24, 2.45) is 15.3 Å². The van der Waals surface area contributed by atoms with Crippen LogP contribution in [-0.4, -0.2) is 197 Å². The summed E-state index contributed by atoms with van der Waals surface area (Å²) in [6, 6.07) is 31.6. The van der Waals surface area contributed by atoms with Gasteiger partial charge in [-0.3, -0.25) is 19.7 Å². The van der Waals surface area contributed by atoms with Gasteiger partial charge in [0.25, 0.3) is 0 Å². The van der Waals surface area contributed by atoms with Crippen LogP contribution in [0, 0.1) is 11.8 Å². The van der Waals surface area contributed by atoms with Crippen LogP contribution in [-0.2, 0) is 35.4 Å². The number of nitrogens with zero attached hydrogens (tertiary/aromatic N) is 11. The Bertz CT molecular complexity index is 2640. The van der Waals surface area contributed by atoms with Crippen molar-refractivity contribution in [3.63, 3.8) is 0 Å². The van der Waals surface area contributed by atoms with Crippen molar-refractivity contribution in [3.05, 3.63) is 119 Å². The molecule has 0 spiro atoms. The van der Waals surface area contributed by atoms with Gasteiger partial charge in [0.15, 0.2) is 0 Å². The summed E-state index contributed by atoms with van der Waals surface area (Å²) in [6.45, 7) is 34.0. The number of anilines is 1. The van der Waals surface area contributed by atoms with Gasteiger partial charge in [-0.15, -0.1) is 5.92 Å². The van der Waals surface area contributed by atoms with Gasteiger partial charge < -0.3 is 38.3 Å². The standard InChI is InChI=1S/C63H102N13O3P3S3/c1-14-26-56-27-35-60(36-28-56)76(23-10)49-50-77-61-37-29-57(30-38-61)55-66-71(13)82(85,78-62-39-31-58(32-40-62)53-64-69(11)80(83,51-24-45-72(15-2)16-3)67-43-47-74(19-6)20-7)79-63-41-33-59(34-42-63)54-65-70(12)81(84,52-25-46-73(17-4)18-5)68-44-48-75(21-8)22-9/h27-42,53-55H,15-25,43-52H2,1-13H3,(H,67,83)(H,68,84)/b64-53+,65-54+,66-55+. The maximum Gasteiger partial charge on any atom is 0.410 e. The number of ether oxygens (including phenoxy) is 1. The first-order valence-corrected chi connectivity index (χ1v) is 39.1. The van der Waals surface area contributed by atoms with Gasteiger partial charge in [0.2, 0.25) is 0 Å². The number of hydrazone groups is 3. The Morgan fingerprint density at radius 2 is 0.824 bits per heavy atom. The molecule has 0 bridgehead atoms. The Morgan fingerprint density at radius 1 is 0.459 bits per heavy atom. The molecule has 0 amide bonds. The summed E-state index contributed by atoms with van der Waals surface area (Å²) < 4.78 is 25.2. The van der Waals surface area contributed by atoms with Crippen LogP contribution in [0.1, 0.15) is 104 Å². The van der Waals surface area contributed by atoms with E-state index in [1.807, 2.05) is 116 Å². The van der Waals surface area contributed by atoms with Gasteiger partial charge in [-0.1, -0.05) is 84.9 Å². The van der Waals surface area contributed by atoms with Crippen LogP contribution in [0.3, 0.4) is 0 Å². The first kappa shape index (κ1) is 73.2. The lowest BCUT2D eigenvalue weighted by molar-refractivity contribution is 0.304. The Balaban J connectivity index is 1.56. The minimum absolute atomic E-state index is 0.527. The second-order valence-corrected chi connectivity index (χ2v) is 32.8. The molecule has 0 aliphatic rings. The molecule has 2 unspecified atom stereocenters. The number of hydrogen-bond donors (Lipinski definition) is 2. The molecule has 0 saturated carbocycles. The van der Waals surface area contributed by atoms with Crippen molar-refractivity contribution in [2.45, 2.75) is 82.1 Å². The third-order valence-electron chi connectivity index (χ3n) is 15.0. The SMILES string of the molecule is CC#Cc1ccc(N(CC)CCOc2ccc(/C=N/N(C)P(=S)(Oc3ccc(/C=N/N(C)P(=S)(CCCN(CC)CC)NCCN(CC)CC)cc3)Oc3ccc(/C=N/N(C)P(=S)(CCCN(CC)CC)NCCN(CC)CC)cc3)cc2)cc1. The highest BCUT2D eigenvalue weighted by molar-refractivity contribution is 8.12. The molecule has 85 heavy (non-hydrogen) atoms. The summed E-state index contributed by atoms with van der Waals surface area (Å²) in [7, 11) is 5.80. The lowest BCUT2D eigenvalue weighted by atomic mass is 10.2. The highest BCUT2D eigenvalue weighted by Crippen LogP contribution is 2.52. The van der Waals surface area contributed by atoms with E-state index in [1.165, 1.54) is 0 Å². The third-order valence-corrected chi connectivity index (χ3v) is 26.5. The molecule has 0 radical (unpaired) electrons. The van der Waals surface area contributed by atoms with Crippen molar-refractivity contribution in [3.8, 4) is 29.1 Å². The molecule has 470 valence electrons. The average molecular weight is 1280 g/mol. The fraction of sp³-hybridized carbons (Fsp3) is 0.540. The van der Waals surface area contributed by atoms with Crippen LogP contribution >= 0.6 is 19.3 Å². The van der Waals surface area contributed by atoms with Gasteiger partial charge in [0.1, 0.15) is 36.5 Å². The Kier molecular flexibility index (Phi) is 34.1. The van der Waals surface area contributed by atoms with Gasteiger partial charge >= 0.3 is 6.64 Å². The summed E-state index contributed by atoms with van der Waals surface area (Å²) >= 11 is 19.3. The van der Waals surface area contributed by atoms with Crippen molar-refractivity contribution in [1.29, 1.82) is 0 Å². The lowest BCUT2D eigenvalue weighted by Crippen LogP contribution is -2.34. The summed E-state index contributed by atoms with van der Waals surface area (Å²) in [5.74, 6) is 7.91. The van der Waals surface area contributed by atoms with E-state index in [4.69, 9.17) is 64.5 Å². The molecule has 0 fully saturated rings. The maximum absolute atomic E-state index is 6.71. The minimum atomic E-state index is -3.39. The highest BCUT2D eigenvalue weighted by Gasteiger charge is 2.29. The molecule has 0 heterocycles. The monoisotopic (exact) mass is 1280 g/mol. The molecule has 0 aliphatic carbocycles. The molecule has 0 aromatic heterocycles. The minimum Gasteiger partial charge on any atom is -0.492 e. The van der Waals surface area contributed by atoms with Crippen molar-refractivity contribution < 1.29 is 13.8 Å². The van der Waals surface area contributed by atoms with Crippen LogP contribution < -0.4 is 28.9 Å². The second kappa shape index (κ2) is 39.6. The molecule has 4 rings (SSSR count). The van der Waals surface area contributed by atoms with E-state index in [0.29, 0.717) is 18.1 Å². The van der Waals surface area contributed by atoms with Crippen LogP contribution in [0.4, 0.5) is 5.69 Å². The molecule has 4 aromatic rings. The topological polar surface area (TPSA) is 115 Å². The molecular weight excluding hydrogens is 1180 g/mol. The van der Waals surface area contributed by atoms with Crippen molar-refractivity contribution in [1.82, 2.24) is 44.1 Å². The molecule has 22 heteroatoms.